The lowest BCUT2D eigenvalue weighted by Gasteiger charge is -2.16. The molecule has 3 aliphatic rings. The quantitative estimate of drug-likeness (QED) is 0.854. The lowest BCUT2D eigenvalue weighted by molar-refractivity contribution is 0.125. The smallest absolute Gasteiger partial charge is 0.164 e. The largest absolute Gasteiger partial charge is 0.388 e. The van der Waals surface area contributed by atoms with Gasteiger partial charge in [0.1, 0.15) is 0 Å². The van der Waals surface area contributed by atoms with Gasteiger partial charge in [0.2, 0.25) is 0 Å². The topological polar surface area (TPSA) is 20.2 Å². The fraction of sp³-hybridized carbons (Fsp3) is 0.600. The lowest BCUT2D eigenvalue weighted by Crippen LogP contribution is -2.10. The first-order valence-corrected chi connectivity index (χ1v) is 6.80. The second kappa shape index (κ2) is 3.53. The molecule has 1 nitrogen and oxygen atoms in total. The van der Waals surface area contributed by atoms with Gasteiger partial charge in [-0.1, -0.05) is 12.1 Å². The molecule has 0 aromatic heterocycles. The van der Waals surface area contributed by atoms with E-state index in [0.29, 0.717) is 11.8 Å². The van der Waals surface area contributed by atoms with E-state index >= 15 is 0 Å². The van der Waals surface area contributed by atoms with E-state index in [2.05, 4.69) is 0 Å². The Labute approximate surface area is 105 Å². The van der Waals surface area contributed by atoms with Gasteiger partial charge in [0, 0.05) is 5.56 Å². The molecule has 3 heteroatoms. The number of hydrogen-bond donors (Lipinski definition) is 1. The first-order valence-electron chi connectivity index (χ1n) is 6.80. The van der Waals surface area contributed by atoms with Crippen LogP contribution in [-0.2, 0) is 0 Å². The summed E-state index contributed by atoms with van der Waals surface area (Å²) in [5.41, 5.74) is 0.147. The summed E-state index contributed by atoms with van der Waals surface area (Å²) in [4.78, 5) is 0. The number of aliphatic hydroxyl groups is 1. The maximum atomic E-state index is 13.7. The summed E-state index contributed by atoms with van der Waals surface area (Å²) in [6.45, 7) is 0. The average Bonchev–Trinajstić information content (AvgIpc) is 2.80. The van der Waals surface area contributed by atoms with Crippen molar-refractivity contribution in [2.24, 2.45) is 29.6 Å². The molecule has 1 N–H and O–H groups in total. The maximum absolute atomic E-state index is 13.7. The van der Waals surface area contributed by atoms with Gasteiger partial charge in [-0.2, -0.15) is 0 Å². The predicted octanol–water partition coefficient (Wildman–Crippen LogP) is 3.29. The molecule has 0 amide bonds. The monoisotopic (exact) mass is 250 g/mol. The summed E-state index contributed by atoms with van der Waals surface area (Å²) < 4.78 is 26.9. The van der Waals surface area contributed by atoms with E-state index in [1.807, 2.05) is 0 Å². The highest BCUT2D eigenvalue weighted by Crippen LogP contribution is 2.72. The zero-order chi connectivity index (χ0) is 12.4. The first kappa shape index (κ1) is 10.9. The van der Waals surface area contributed by atoms with Gasteiger partial charge >= 0.3 is 0 Å². The van der Waals surface area contributed by atoms with E-state index in [1.165, 1.54) is 31.4 Å². The molecular weight excluding hydrogens is 234 g/mol. The van der Waals surface area contributed by atoms with Crippen molar-refractivity contribution in [1.29, 1.82) is 0 Å². The molecule has 0 radical (unpaired) electrons. The van der Waals surface area contributed by atoms with Crippen LogP contribution in [0.15, 0.2) is 18.2 Å². The van der Waals surface area contributed by atoms with E-state index in [9.17, 15) is 13.9 Å². The normalized spacial score (nSPS) is 41.8. The predicted molar refractivity (Wildman–Crippen MR) is 62.6 cm³/mol. The van der Waals surface area contributed by atoms with Crippen molar-refractivity contribution in [2.75, 3.05) is 0 Å². The van der Waals surface area contributed by atoms with Crippen LogP contribution in [0.4, 0.5) is 8.78 Å². The Morgan fingerprint density at radius 2 is 1.78 bits per heavy atom. The van der Waals surface area contributed by atoms with Crippen molar-refractivity contribution in [3.8, 4) is 0 Å². The molecule has 3 fully saturated rings. The fourth-order valence-corrected chi connectivity index (χ4v) is 4.77. The fourth-order valence-electron chi connectivity index (χ4n) is 4.77. The molecule has 1 aromatic carbocycles. The summed E-state index contributed by atoms with van der Waals surface area (Å²) in [6, 6.07) is 4.09. The first-order chi connectivity index (χ1) is 8.68. The number of hydrogen-bond acceptors (Lipinski definition) is 1. The Balaban J connectivity index is 1.62. The minimum Gasteiger partial charge on any atom is -0.388 e. The van der Waals surface area contributed by atoms with Gasteiger partial charge in [-0.15, -0.1) is 0 Å². The van der Waals surface area contributed by atoms with Crippen LogP contribution in [0.1, 0.15) is 30.9 Å². The molecule has 96 valence electrons. The van der Waals surface area contributed by atoms with Crippen molar-refractivity contribution < 1.29 is 13.9 Å². The molecule has 0 heterocycles. The van der Waals surface area contributed by atoms with Gasteiger partial charge in [-0.25, -0.2) is 8.78 Å². The molecule has 4 rings (SSSR count). The van der Waals surface area contributed by atoms with Crippen LogP contribution in [0.25, 0.3) is 0 Å². The van der Waals surface area contributed by atoms with E-state index in [-0.39, 0.29) is 11.5 Å². The van der Waals surface area contributed by atoms with Gasteiger partial charge in [0.15, 0.2) is 11.6 Å². The van der Waals surface area contributed by atoms with Gasteiger partial charge < -0.3 is 5.11 Å². The molecule has 0 spiro atoms. The standard InChI is InChI=1S/C15H16F2O/c16-10-3-1-2-9(14(10)17)15(18)13-11-7-4-5-8(6-7)12(11)13/h1-3,7-8,11-13,15,18H,4-6H2. The van der Waals surface area contributed by atoms with Crippen LogP contribution in [0.2, 0.25) is 0 Å². The molecule has 1 aromatic rings. The summed E-state index contributed by atoms with van der Waals surface area (Å²) in [5.74, 6) is 1.05. The number of benzene rings is 1. The second-order valence-electron chi connectivity index (χ2n) is 6.15. The van der Waals surface area contributed by atoms with Gasteiger partial charge in [-0.3, -0.25) is 0 Å². The number of aliphatic hydroxyl groups excluding tert-OH is 1. The SMILES string of the molecule is OC(c1cccc(F)c1F)C1C2C3CCC(C3)C21. The third-order valence-corrected chi connectivity index (χ3v) is 5.46. The van der Waals surface area contributed by atoms with Crippen molar-refractivity contribution in [3.63, 3.8) is 0 Å². The van der Waals surface area contributed by atoms with Crippen LogP contribution in [0, 0.1) is 41.2 Å². The van der Waals surface area contributed by atoms with Crippen molar-refractivity contribution >= 4 is 0 Å². The summed E-state index contributed by atoms with van der Waals surface area (Å²) in [7, 11) is 0. The third kappa shape index (κ3) is 1.28. The van der Waals surface area contributed by atoms with Crippen LogP contribution in [-0.4, -0.2) is 5.11 Å². The number of rotatable bonds is 2. The maximum Gasteiger partial charge on any atom is 0.164 e. The molecular formula is C15H16F2O. The highest BCUT2D eigenvalue weighted by molar-refractivity contribution is 5.26. The average molecular weight is 250 g/mol. The molecule has 3 saturated carbocycles. The Hall–Kier alpha value is -0.960. The summed E-state index contributed by atoms with van der Waals surface area (Å²) >= 11 is 0. The van der Waals surface area contributed by atoms with E-state index in [4.69, 9.17) is 0 Å². The molecule has 0 aliphatic heterocycles. The molecule has 3 aliphatic carbocycles. The molecule has 0 saturated heterocycles. The summed E-state index contributed by atoms with van der Waals surface area (Å²) in [6.07, 6.45) is 3.00. The molecule has 5 unspecified atom stereocenters. The highest BCUT2D eigenvalue weighted by Gasteiger charge is 2.66. The van der Waals surface area contributed by atoms with Crippen molar-refractivity contribution in [2.45, 2.75) is 25.4 Å². The van der Waals surface area contributed by atoms with Crippen molar-refractivity contribution in [3.05, 3.63) is 35.4 Å². The van der Waals surface area contributed by atoms with E-state index < -0.39 is 17.7 Å². The minimum atomic E-state index is -0.873. The minimum absolute atomic E-state index is 0.147. The molecule has 5 atom stereocenters. The highest BCUT2D eigenvalue weighted by atomic mass is 19.2. The Morgan fingerprint density at radius 3 is 2.44 bits per heavy atom. The molecule has 18 heavy (non-hydrogen) atoms. The Kier molecular flexibility index (Phi) is 2.14. The number of halogens is 2. The zero-order valence-corrected chi connectivity index (χ0v) is 10.0. The Morgan fingerprint density at radius 1 is 1.11 bits per heavy atom. The second-order valence-corrected chi connectivity index (χ2v) is 6.15. The van der Waals surface area contributed by atoms with Gasteiger partial charge in [0.05, 0.1) is 6.10 Å². The van der Waals surface area contributed by atoms with Crippen LogP contribution >= 0.6 is 0 Å². The summed E-state index contributed by atoms with van der Waals surface area (Å²) in [5, 5.41) is 10.3. The van der Waals surface area contributed by atoms with Crippen LogP contribution in [0.5, 0.6) is 0 Å². The van der Waals surface area contributed by atoms with Crippen molar-refractivity contribution in [1.82, 2.24) is 0 Å². The lowest BCUT2D eigenvalue weighted by atomic mass is 9.94. The van der Waals surface area contributed by atoms with Crippen LogP contribution in [0.3, 0.4) is 0 Å². The van der Waals surface area contributed by atoms with Gasteiger partial charge in [0.25, 0.3) is 0 Å². The van der Waals surface area contributed by atoms with Gasteiger partial charge in [-0.05, 0) is 54.9 Å². The number of fused-ring (bicyclic) bond motifs is 5. The zero-order valence-electron chi connectivity index (χ0n) is 10.0. The molecule has 2 bridgehead atoms. The third-order valence-electron chi connectivity index (χ3n) is 5.46. The van der Waals surface area contributed by atoms with Crippen LogP contribution < -0.4 is 0 Å². The Bertz CT molecular complexity index is 485. The van der Waals surface area contributed by atoms with E-state index in [1.54, 1.807) is 0 Å². The van der Waals surface area contributed by atoms with E-state index in [0.717, 1.165) is 17.9 Å².